The largest absolute Gasteiger partial charge is 0.0648 e. The Morgan fingerprint density at radius 2 is 1.58 bits per heavy atom. The van der Waals surface area contributed by atoms with Crippen molar-refractivity contribution < 1.29 is 0 Å². The lowest BCUT2D eigenvalue weighted by Gasteiger charge is -2.18. The van der Waals surface area contributed by atoms with E-state index < -0.39 is 0 Å². The van der Waals surface area contributed by atoms with Gasteiger partial charge in [-0.1, -0.05) is 63.2 Å². The van der Waals surface area contributed by atoms with E-state index in [-0.39, 0.29) is 0 Å². The van der Waals surface area contributed by atoms with Crippen LogP contribution in [0.15, 0.2) is 42.5 Å². The summed E-state index contributed by atoms with van der Waals surface area (Å²) < 4.78 is 0. The van der Waals surface area contributed by atoms with Gasteiger partial charge in [-0.15, -0.1) is 0 Å². The number of rotatable bonds is 4. The highest BCUT2D eigenvalue weighted by atomic mass is 14.2. The maximum absolute atomic E-state index is 2.32. The van der Waals surface area contributed by atoms with E-state index in [0.717, 1.165) is 6.42 Å². The fourth-order valence-corrected chi connectivity index (χ4v) is 2.75. The Balaban J connectivity index is 2.59. The quantitative estimate of drug-likeness (QED) is 0.651. The molecule has 2 aromatic rings. The summed E-state index contributed by atoms with van der Waals surface area (Å²) in [7, 11) is 0. The van der Waals surface area contributed by atoms with Crippen LogP contribution in [-0.2, 0) is 6.42 Å². The zero-order valence-electron chi connectivity index (χ0n) is 12.5. The molecule has 0 radical (unpaired) electrons. The van der Waals surface area contributed by atoms with Crippen molar-refractivity contribution in [3.8, 4) is 11.1 Å². The van der Waals surface area contributed by atoms with Gasteiger partial charge < -0.3 is 0 Å². The summed E-state index contributed by atoms with van der Waals surface area (Å²) in [6.07, 6.45) is 2.29. The Hall–Kier alpha value is -1.56. The molecule has 100 valence electrons. The number of hydrogen-bond acceptors (Lipinski definition) is 0. The lowest BCUT2D eigenvalue weighted by atomic mass is 9.87. The van der Waals surface area contributed by atoms with E-state index in [4.69, 9.17) is 0 Å². The summed E-state index contributed by atoms with van der Waals surface area (Å²) in [5.74, 6) is 0.612. The third kappa shape index (κ3) is 2.73. The van der Waals surface area contributed by atoms with Crippen LogP contribution in [-0.4, -0.2) is 0 Å². The molecule has 0 aliphatic carbocycles. The van der Waals surface area contributed by atoms with Crippen molar-refractivity contribution in [1.29, 1.82) is 0 Å². The van der Waals surface area contributed by atoms with E-state index in [1.807, 2.05) is 0 Å². The molecule has 2 rings (SSSR count). The first-order valence-electron chi connectivity index (χ1n) is 7.36. The third-order valence-corrected chi connectivity index (χ3v) is 4.22. The van der Waals surface area contributed by atoms with E-state index in [2.05, 4.69) is 70.2 Å². The Kier molecular flexibility index (Phi) is 4.42. The highest BCUT2D eigenvalue weighted by Crippen LogP contribution is 2.33. The van der Waals surface area contributed by atoms with Crippen LogP contribution < -0.4 is 0 Å². The minimum atomic E-state index is 0.612. The summed E-state index contributed by atoms with van der Waals surface area (Å²) in [4.78, 5) is 0. The summed E-state index contributed by atoms with van der Waals surface area (Å²) in [6, 6.07) is 15.5. The van der Waals surface area contributed by atoms with Gasteiger partial charge in [0.25, 0.3) is 0 Å². The molecule has 19 heavy (non-hydrogen) atoms. The molecular formula is C19H24. The van der Waals surface area contributed by atoms with Gasteiger partial charge in [0.1, 0.15) is 0 Å². The molecule has 0 aliphatic rings. The van der Waals surface area contributed by atoms with Gasteiger partial charge in [-0.3, -0.25) is 0 Å². The smallest absolute Gasteiger partial charge is 0.0146 e. The zero-order chi connectivity index (χ0) is 13.8. The van der Waals surface area contributed by atoms with E-state index in [1.165, 1.54) is 34.2 Å². The summed E-state index contributed by atoms with van der Waals surface area (Å²) in [6.45, 7) is 9.06. The van der Waals surface area contributed by atoms with E-state index in [1.54, 1.807) is 0 Å². The van der Waals surface area contributed by atoms with Crippen molar-refractivity contribution in [2.45, 2.75) is 46.5 Å². The Bertz CT molecular complexity index is 552. The van der Waals surface area contributed by atoms with Crippen LogP contribution in [0, 0.1) is 6.92 Å². The molecule has 1 atom stereocenters. The highest BCUT2D eigenvalue weighted by Gasteiger charge is 2.12. The molecule has 0 nitrogen and oxygen atoms in total. The van der Waals surface area contributed by atoms with Crippen molar-refractivity contribution in [2.75, 3.05) is 0 Å². The number of benzene rings is 2. The van der Waals surface area contributed by atoms with Crippen molar-refractivity contribution in [3.05, 3.63) is 59.2 Å². The summed E-state index contributed by atoms with van der Waals surface area (Å²) in [5.41, 5.74) is 7.17. The number of hydrogen-bond donors (Lipinski definition) is 0. The molecule has 1 unspecified atom stereocenters. The predicted molar refractivity (Wildman–Crippen MR) is 84.7 cm³/mol. The van der Waals surface area contributed by atoms with Gasteiger partial charge in [0.2, 0.25) is 0 Å². The van der Waals surface area contributed by atoms with Crippen molar-refractivity contribution in [1.82, 2.24) is 0 Å². The van der Waals surface area contributed by atoms with Crippen LogP contribution in [0.5, 0.6) is 0 Å². The van der Waals surface area contributed by atoms with E-state index in [9.17, 15) is 0 Å². The van der Waals surface area contributed by atoms with Crippen LogP contribution in [0.25, 0.3) is 11.1 Å². The molecule has 0 saturated heterocycles. The molecule has 0 heteroatoms. The molecule has 0 saturated carbocycles. The van der Waals surface area contributed by atoms with Gasteiger partial charge in [-0.05, 0) is 53.5 Å². The van der Waals surface area contributed by atoms with Crippen molar-refractivity contribution in [3.63, 3.8) is 0 Å². The predicted octanol–water partition coefficient (Wildman–Crippen LogP) is 5.74. The maximum atomic E-state index is 2.32. The third-order valence-electron chi connectivity index (χ3n) is 4.22. The second-order valence-corrected chi connectivity index (χ2v) is 5.34. The fraction of sp³-hybridized carbons (Fsp3) is 0.368. The highest BCUT2D eigenvalue weighted by molar-refractivity contribution is 5.72. The molecule has 0 fully saturated rings. The second kappa shape index (κ2) is 6.06. The lowest BCUT2D eigenvalue weighted by Crippen LogP contribution is -1.97. The standard InChI is InChI=1S/C19H24/c1-5-14(3)17-11-7-8-12-19(17)18-13-9-10-16(6-2)15(18)4/h7-14H,5-6H2,1-4H3. The molecule has 0 amide bonds. The van der Waals surface area contributed by atoms with Crippen molar-refractivity contribution >= 4 is 0 Å². The number of aryl methyl sites for hydroxylation is 1. The molecule has 0 N–H and O–H groups in total. The zero-order valence-corrected chi connectivity index (χ0v) is 12.5. The van der Waals surface area contributed by atoms with Gasteiger partial charge in [0.15, 0.2) is 0 Å². The second-order valence-electron chi connectivity index (χ2n) is 5.34. The Morgan fingerprint density at radius 3 is 2.26 bits per heavy atom. The molecule has 0 spiro atoms. The first kappa shape index (κ1) is 13.9. The van der Waals surface area contributed by atoms with Crippen LogP contribution in [0.4, 0.5) is 0 Å². The fourth-order valence-electron chi connectivity index (χ4n) is 2.75. The Morgan fingerprint density at radius 1 is 0.895 bits per heavy atom. The molecule has 0 heterocycles. The van der Waals surface area contributed by atoms with Gasteiger partial charge in [0.05, 0.1) is 0 Å². The van der Waals surface area contributed by atoms with Crippen molar-refractivity contribution in [2.24, 2.45) is 0 Å². The van der Waals surface area contributed by atoms with Crippen LogP contribution >= 0.6 is 0 Å². The molecule has 0 aromatic heterocycles. The molecular weight excluding hydrogens is 228 g/mol. The SMILES string of the molecule is CCc1cccc(-c2ccccc2C(C)CC)c1C. The molecule has 2 aromatic carbocycles. The molecule has 0 bridgehead atoms. The maximum Gasteiger partial charge on any atom is -0.0146 e. The van der Waals surface area contributed by atoms with E-state index in [0.29, 0.717) is 5.92 Å². The average molecular weight is 252 g/mol. The van der Waals surface area contributed by atoms with Crippen LogP contribution in [0.3, 0.4) is 0 Å². The minimum Gasteiger partial charge on any atom is -0.0648 e. The Labute approximate surface area is 117 Å². The van der Waals surface area contributed by atoms with Gasteiger partial charge in [-0.25, -0.2) is 0 Å². The van der Waals surface area contributed by atoms with Gasteiger partial charge in [-0.2, -0.15) is 0 Å². The monoisotopic (exact) mass is 252 g/mol. The summed E-state index contributed by atoms with van der Waals surface area (Å²) >= 11 is 0. The normalized spacial score (nSPS) is 12.4. The first-order chi connectivity index (χ1) is 9.19. The van der Waals surface area contributed by atoms with Gasteiger partial charge >= 0.3 is 0 Å². The average Bonchev–Trinajstić information content (AvgIpc) is 2.47. The van der Waals surface area contributed by atoms with E-state index >= 15 is 0 Å². The van der Waals surface area contributed by atoms with Crippen LogP contribution in [0.2, 0.25) is 0 Å². The first-order valence-corrected chi connectivity index (χ1v) is 7.36. The van der Waals surface area contributed by atoms with Gasteiger partial charge in [0, 0.05) is 0 Å². The lowest BCUT2D eigenvalue weighted by molar-refractivity contribution is 0.735. The minimum absolute atomic E-state index is 0.612. The van der Waals surface area contributed by atoms with Crippen LogP contribution in [0.1, 0.15) is 49.8 Å². The molecule has 0 aliphatic heterocycles. The topological polar surface area (TPSA) is 0 Å². The summed E-state index contributed by atoms with van der Waals surface area (Å²) in [5, 5.41) is 0.